The summed E-state index contributed by atoms with van der Waals surface area (Å²) < 4.78 is 17.1. The van der Waals surface area contributed by atoms with Gasteiger partial charge >= 0.3 is 12.2 Å². The normalized spacial score (nSPS) is 10.9. The summed E-state index contributed by atoms with van der Waals surface area (Å²) in [5.41, 5.74) is 2.00. The summed E-state index contributed by atoms with van der Waals surface area (Å²) in [5, 5.41) is 9.79. The molecule has 1 heterocycles. The van der Waals surface area contributed by atoms with Crippen LogP contribution in [0.25, 0.3) is 11.3 Å². The van der Waals surface area contributed by atoms with E-state index in [4.69, 9.17) is 14.2 Å². The summed E-state index contributed by atoms with van der Waals surface area (Å²) >= 11 is 0. The first-order valence-electron chi connectivity index (χ1n) is 11.9. The van der Waals surface area contributed by atoms with E-state index in [9.17, 15) is 14.4 Å². The first-order valence-corrected chi connectivity index (χ1v) is 11.9. The molecule has 0 aliphatic heterocycles. The number of aromatic nitrogens is 2. The Morgan fingerprint density at radius 1 is 1.00 bits per heavy atom. The summed E-state index contributed by atoms with van der Waals surface area (Å²) in [7, 11) is 0. The molecule has 10 nitrogen and oxygen atoms in total. The van der Waals surface area contributed by atoms with Gasteiger partial charge in [-0.2, -0.15) is 5.10 Å². The van der Waals surface area contributed by atoms with Crippen LogP contribution in [0.15, 0.2) is 65.5 Å². The van der Waals surface area contributed by atoms with E-state index in [0.29, 0.717) is 23.7 Å². The van der Waals surface area contributed by atoms with Gasteiger partial charge in [-0.05, 0) is 75.7 Å². The average Bonchev–Trinajstić information content (AvgIpc) is 2.83. The predicted molar refractivity (Wildman–Crippen MR) is 140 cm³/mol. The van der Waals surface area contributed by atoms with Gasteiger partial charge in [0.15, 0.2) is 0 Å². The number of nitrogens with one attached hydrogen (secondary N) is 2. The quantitative estimate of drug-likeness (QED) is 0.410. The molecule has 0 saturated heterocycles. The maximum Gasteiger partial charge on any atom is 0.411 e. The second-order valence-corrected chi connectivity index (χ2v) is 9.06. The zero-order valence-corrected chi connectivity index (χ0v) is 21.4. The fourth-order valence-corrected chi connectivity index (χ4v) is 3.28. The number of alkyl carbamates (subject to hydrolysis) is 1. The van der Waals surface area contributed by atoms with Gasteiger partial charge in [0, 0.05) is 17.3 Å². The van der Waals surface area contributed by atoms with Crippen LogP contribution in [-0.2, 0) is 16.0 Å². The molecule has 1 aromatic heterocycles. The maximum atomic E-state index is 12.4. The predicted octanol–water partition coefficient (Wildman–Crippen LogP) is 4.43. The second kappa shape index (κ2) is 12.6. The second-order valence-electron chi connectivity index (χ2n) is 9.06. The fraction of sp³-hybridized carbons (Fsp3) is 0.333. The largest absolute Gasteiger partial charge is 0.492 e. The minimum Gasteiger partial charge on any atom is -0.492 e. The Morgan fingerprint density at radius 3 is 2.46 bits per heavy atom. The lowest BCUT2D eigenvalue weighted by atomic mass is 10.1. The topological polar surface area (TPSA) is 121 Å². The Morgan fingerprint density at radius 2 is 1.76 bits per heavy atom. The monoisotopic (exact) mass is 508 g/mol. The van der Waals surface area contributed by atoms with E-state index in [1.54, 1.807) is 64.1 Å². The van der Waals surface area contributed by atoms with Crippen molar-refractivity contribution in [1.82, 2.24) is 15.1 Å². The Balaban J connectivity index is 1.60. The van der Waals surface area contributed by atoms with Crippen LogP contribution in [0.1, 0.15) is 33.3 Å². The minimum atomic E-state index is -0.553. The summed E-state index contributed by atoms with van der Waals surface area (Å²) in [6, 6.07) is 17.6. The first-order chi connectivity index (χ1) is 17.6. The van der Waals surface area contributed by atoms with Gasteiger partial charge in [0.2, 0.25) is 0 Å². The van der Waals surface area contributed by atoms with Crippen molar-refractivity contribution in [3.8, 4) is 17.0 Å². The third-order valence-corrected chi connectivity index (χ3v) is 4.84. The highest BCUT2D eigenvalue weighted by Gasteiger charge is 2.15. The van der Waals surface area contributed by atoms with Gasteiger partial charge in [-0.15, -0.1) is 0 Å². The molecule has 0 bridgehead atoms. The number of amides is 2. The molecule has 2 amide bonds. The van der Waals surface area contributed by atoms with Gasteiger partial charge in [0.1, 0.15) is 18.0 Å². The Kier molecular flexibility index (Phi) is 9.26. The molecular formula is C27H32N4O6. The number of carbonyl (C=O) groups is 2. The Bertz CT molecular complexity index is 1260. The third-order valence-electron chi connectivity index (χ3n) is 4.84. The highest BCUT2D eigenvalue weighted by atomic mass is 16.6. The molecule has 10 heteroatoms. The van der Waals surface area contributed by atoms with Crippen molar-refractivity contribution in [1.29, 1.82) is 0 Å². The van der Waals surface area contributed by atoms with Gasteiger partial charge < -0.3 is 19.5 Å². The van der Waals surface area contributed by atoms with Gasteiger partial charge in [0.05, 0.1) is 25.4 Å². The van der Waals surface area contributed by atoms with Crippen molar-refractivity contribution in [3.05, 3.63) is 76.6 Å². The zero-order valence-electron chi connectivity index (χ0n) is 21.4. The van der Waals surface area contributed by atoms with Crippen LogP contribution in [0, 0.1) is 0 Å². The molecule has 0 aliphatic rings. The summed E-state index contributed by atoms with van der Waals surface area (Å²) in [4.78, 5) is 35.8. The zero-order chi connectivity index (χ0) is 26.8. The molecule has 0 fully saturated rings. The molecule has 37 heavy (non-hydrogen) atoms. The molecule has 0 saturated carbocycles. The molecule has 0 radical (unpaired) electrons. The van der Waals surface area contributed by atoms with E-state index in [0.717, 1.165) is 11.1 Å². The van der Waals surface area contributed by atoms with Crippen LogP contribution in [0.2, 0.25) is 0 Å². The van der Waals surface area contributed by atoms with Crippen molar-refractivity contribution in [2.75, 3.05) is 25.1 Å². The molecule has 3 rings (SSSR count). The van der Waals surface area contributed by atoms with Crippen molar-refractivity contribution in [2.24, 2.45) is 0 Å². The highest BCUT2D eigenvalue weighted by molar-refractivity contribution is 5.84. The number of nitrogens with zero attached hydrogens (tertiary/aromatic N) is 2. The molecule has 0 unspecified atom stereocenters. The lowest BCUT2D eigenvalue weighted by molar-refractivity contribution is 0.0520. The van der Waals surface area contributed by atoms with Crippen molar-refractivity contribution >= 4 is 17.9 Å². The van der Waals surface area contributed by atoms with E-state index in [1.807, 2.05) is 18.2 Å². The van der Waals surface area contributed by atoms with Gasteiger partial charge in [-0.1, -0.05) is 12.1 Å². The minimum absolute atomic E-state index is 0.233. The molecule has 196 valence electrons. The molecule has 0 aliphatic carbocycles. The Labute approximate surface area is 215 Å². The van der Waals surface area contributed by atoms with Gasteiger partial charge in [0.25, 0.3) is 5.56 Å². The standard InChI is InChI=1S/C27H32N4O6/c1-5-35-26(34)29-21-8-6-7-19(17-21)18-31-24(32)14-13-23(30-31)20-9-11-22(12-10-20)36-16-15-28-25(33)37-27(2,3)4/h6-14,17H,5,15-16,18H2,1-4H3,(H,28,33)(H,29,34). The number of carbonyl (C=O) groups excluding carboxylic acids is 2. The van der Waals surface area contributed by atoms with Crippen LogP contribution in [-0.4, -0.2) is 47.3 Å². The van der Waals surface area contributed by atoms with E-state index < -0.39 is 17.8 Å². The van der Waals surface area contributed by atoms with Crippen LogP contribution in [0.3, 0.4) is 0 Å². The third kappa shape index (κ3) is 8.99. The van der Waals surface area contributed by atoms with Crippen molar-refractivity contribution in [3.63, 3.8) is 0 Å². The van der Waals surface area contributed by atoms with Crippen LogP contribution >= 0.6 is 0 Å². The molecule has 2 N–H and O–H groups in total. The number of benzene rings is 2. The Hall–Kier alpha value is -4.34. The first kappa shape index (κ1) is 27.3. The van der Waals surface area contributed by atoms with Crippen LogP contribution in [0.5, 0.6) is 5.75 Å². The number of hydrogen-bond donors (Lipinski definition) is 2. The SMILES string of the molecule is CCOC(=O)Nc1cccc(Cn2nc(-c3ccc(OCCNC(=O)OC(C)(C)C)cc3)ccc2=O)c1. The van der Waals surface area contributed by atoms with Crippen LogP contribution < -0.4 is 20.9 Å². The molecule has 3 aromatic rings. The maximum absolute atomic E-state index is 12.4. The van der Waals surface area contributed by atoms with Crippen LogP contribution in [0.4, 0.5) is 15.3 Å². The van der Waals surface area contributed by atoms with Gasteiger partial charge in [-0.25, -0.2) is 14.3 Å². The smallest absolute Gasteiger partial charge is 0.411 e. The van der Waals surface area contributed by atoms with E-state index in [-0.39, 0.29) is 25.3 Å². The summed E-state index contributed by atoms with van der Waals surface area (Å²) in [5.74, 6) is 0.633. The summed E-state index contributed by atoms with van der Waals surface area (Å²) in [6.07, 6.45) is -1.03. The summed E-state index contributed by atoms with van der Waals surface area (Å²) in [6.45, 7) is 8.23. The average molecular weight is 509 g/mol. The number of hydrogen-bond acceptors (Lipinski definition) is 7. The highest BCUT2D eigenvalue weighted by Crippen LogP contribution is 2.20. The number of ether oxygens (including phenoxy) is 3. The van der Waals surface area contributed by atoms with Crippen molar-refractivity contribution in [2.45, 2.75) is 39.8 Å². The molecule has 0 atom stereocenters. The molecular weight excluding hydrogens is 476 g/mol. The van der Waals surface area contributed by atoms with Gasteiger partial charge in [-0.3, -0.25) is 10.1 Å². The lowest BCUT2D eigenvalue weighted by Gasteiger charge is -2.19. The molecule has 2 aromatic carbocycles. The van der Waals surface area contributed by atoms with E-state index >= 15 is 0 Å². The fourth-order valence-electron chi connectivity index (χ4n) is 3.28. The number of anilines is 1. The van der Waals surface area contributed by atoms with E-state index in [2.05, 4.69) is 15.7 Å². The van der Waals surface area contributed by atoms with E-state index in [1.165, 1.54) is 10.7 Å². The van der Waals surface area contributed by atoms with Crippen molar-refractivity contribution < 1.29 is 23.8 Å². The molecule has 0 spiro atoms. The number of rotatable bonds is 9. The lowest BCUT2D eigenvalue weighted by Crippen LogP contribution is -2.34.